The second kappa shape index (κ2) is 5.77. The fourth-order valence-electron chi connectivity index (χ4n) is 1.45. The van der Waals surface area contributed by atoms with Gasteiger partial charge in [0.1, 0.15) is 4.99 Å². The van der Waals surface area contributed by atoms with Crippen molar-refractivity contribution in [3.8, 4) is 0 Å². The van der Waals surface area contributed by atoms with Crippen LogP contribution in [0.2, 0.25) is 0 Å². The van der Waals surface area contributed by atoms with E-state index in [1.54, 1.807) is 31.3 Å². The second-order valence-electron chi connectivity index (χ2n) is 4.43. The summed E-state index contributed by atoms with van der Waals surface area (Å²) in [6.45, 7) is 3.67. The minimum absolute atomic E-state index is 0.0435. The zero-order valence-electron chi connectivity index (χ0n) is 10.8. The topological polar surface area (TPSA) is 63.4 Å². The van der Waals surface area contributed by atoms with Gasteiger partial charge in [-0.3, -0.25) is 0 Å². The first-order valence-corrected chi connectivity index (χ1v) is 7.60. The molecule has 0 aliphatic carbocycles. The zero-order chi connectivity index (χ0) is 13.9. The normalized spacial score (nSPS) is 12.1. The van der Waals surface area contributed by atoms with Crippen molar-refractivity contribution in [2.75, 3.05) is 7.05 Å². The Labute approximate surface area is 114 Å². The van der Waals surface area contributed by atoms with Gasteiger partial charge in [-0.15, -0.1) is 0 Å². The highest BCUT2D eigenvalue weighted by Gasteiger charge is 2.21. The largest absolute Gasteiger partial charge is 0.389 e. The van der Waals surface area contributed by atoms with Crippen LogP contribution >= 0.6 is 12.2 Å². The molecule has 2 N–H and O–H groups in total. The predicted octanol–water partition coefficient (Wildman–Crippen LogP) is 1.49. The van der Waals surface area contributed by atoms with Crippen molar-refractivity contribution in [3.05, 3.63) is 35.4 Å². The van der Waals surface area contributed by atoms with Gasteiger partial charge in [0.05, 0.1) is 5.75 Å². The van der Waals surface area contributed by atoms with Crippen LogP contribution in [0.15, 0.2) is 24.3 Å². The van der Waals surface area contributed by atoms with Crippen LogP contribution < -0.4 is 5.73 Å². The molecule has 1 rings (SSSR count). The van der Waals surface area contributed by atoms with Crippen molar-refractivity contribution in [2.45, 2.75) is 25.6 Å². The number of hydrogen-bond acceptors (Lipinski definition) is 3. The standard InChI is InChI=1S/C12H18N2O2S2/c1-9(2)14(3)18(15,16)8-10-5-4-6-11(7-10)12(13)17/h4-7,9H,8H2,1-3H3,(H2,13,17). The van der Waals surface area contributed by atoms with Crippen LogP contribution in [0.4, 0.5) is 0 Å². The number of rotatable bonds is 5. The number of nitrogens with two attached hydrogens (primary N) is 1. The maximum Gasteiger partial charge on any atom is 0.218 e. The maximum atomic E-state index is 12.1. The van der Waals surface area contributed by atoms with Crippen molar-refractivity contribution >= 4 is 27.2 Å². The Kier molecular flexibility index (Phi) is 4.84. The minimum Gasteiger partial charge on any atom is -0.389 e. The van der Waals surface area contributed by atoms with Crippen LogP contribution in [0.25, 0.3) is 0 Å². The Balaban J connectivity index is 2.98. The molecule has 0 aliphatic rings. The average Bonchev–Trinajstić information content (AvgIpc) is 2.27. The van der Waals surface area contributed by atoms with Crippen LogP contribution in [0.5, 0.6) is 0 Å². The first-order valence-electron chi connectivity index (χ1n) is 5.58. The van der Waals surface area contributed by atoms with E-state index < -0.39 is 10.0 Å². The summed E-state index contributed by atoms with van der Waals surface area (Å²) in [4.78, 5) is 0.270. The molecule has 0 aliphatic heterocycles. The van der Waals surface area contributed by atoms with Gasteiger partial charge in [0.25, 0.3) is 0 Å². The van der Waals surface area contributed by atoms with E-state index in [1.807, 2.05) is 13.8 Å². The molecule has 0 spiro atoms. The third-order valence-electron chi connectivity index (χ3n) is 2.73. The predicted molar refractivity (Wildman–Crippen MR) is 77.9 cm³/mol. The molecule has 0 saturated heterocycles. The lowest BCUT2D eigenvalue weighted by atomic mass is 10.1. The van der Waals surface area contributed by atoms with Gasteiger partial charge >= 0.3 is 0 Å². The van der Waals surface area contributed by atoms with Crippen molar-refractivity contribution in [1.29, 1.82) is 0 Å². The van der Waals surface area contributed by atoms with Gasteiger partial charge in [-0.2, -0.15) is 0 Å². The first-order chi connectivity index (χ1) is 8.24. The molecular weight excluding hydrogens is 268 g/mol. The quantitative estimate of drug-likeness (QED) is 0.833. The lowest BCUT2D eigenvalue weighted by Crippen LogP contribution is -2.34. The van der Waals surface area contributed by atoms with E-state index in [0.29, 0.717) is 11.1 Å². The maximum absolute atomic E-state index is 12.1. The Bertz CT molecular complexity index is 539. The second-order valence-corrected chi connectivity index (χ2v) is 6.90. The Hall–Kier alpha value is -0.980. The van der Waals surface area contributed by atoms with E-state index in [0.717, 1.165) is 0 Å². The summed E-state index contributed by atoms with van der Waals surface area (Å²) in [6.07, 6.45) is 0. The molecule has 0 bridgehead atoms. The van der Waals surface area contributed by atoms with Crippen molar-refractivity contribution in [2.24, 2.45) is 5.73 Å². The lowest BCUT2D eigenvalue weighted by Gasteiger charge is -2.21. The molecule has 100 valence electrons. The summed E-state index contributed by atoms with van der Waals surface area (Å²) < 4.78 is 25.5. The summed E-state index contributed by atoms with van der Waals surface area (Å²) in [6, 6.07) is 6.94. The van der Waals surface area contributed by atoms with Gasteiger partial charge in [-0.1, -0.05) is 30.4 Å². The van der Waals surface area contributed by atoms with Crippen molar-refractivity contribution in [1.82, 2.24) is 4.31 Å². The summed E-state index contributed by atoms with van der Waals surface area (Å²) in [7, 11) is -1.73. The summed E-state index contributed by atoms with van der Waals surface area (Å²) in [5, 5.41) is 0. The molecule has 0 atom stereocenters. The van der Waals surface area contributed by atoms with Gasteiger partial charge in [0.2, 0.25) is 10.0 Å². The van der Waals surface area contributed by atoms with Crippen LogP contribution in [0.1, 0.15) is 25.0 Å². The van der Waals surface area contributed by atoms with Gasteiger partial charge in [-0.05, 0) is 25.5 Å². The molecule has 0 heterocycles. The molecule has 0 amide bonds. The highest BCUT2D eigenvalue weighted by atomic mass is 32.2. The van der Waals surface area contributed by atoms with E-state index >= 15 is 0 Å². The van der Waals surface area contributed by atoms with Crippen LogP contribution in [0, 0.1) is 0 Å². The van der Waals surface area contributed by atoms with Crippen molar-refractivity contribution < 1.29 is 8.42 Å². The van der Waals surface area contributed by atoms with Crippen LogP contribution in [-0.2, 0) is 15.8 Å². The van der Waals surface area contributed by atoms with E-state index in [9.17, 15) is 8.42 Å². The summed E-state index contributed by atoms with van der Waals surface area (Å²) in [5.41, 5.74) is 6.90. The van der Waals surface area contributed by atoms with Crippen molar-refractivity contribution in [3.63, 3.8) is 0 Å². The molecular formula is C12H18N2O2S2. The molecule has 0 aromatic heterocycles. The monoisotopic (exact) mass is 286 g/mol. The SMILES string of the molecule is CC(C)N(C)S(=O)(=O)Cc1cccc(C(N)=S)c1. The average molecular weight is 286 g/mol. The minimum atomic E-state index is -3.31. The smallest absolute Gasteiger partial charge is 0.218 e. The lowest BCUT2D eigenvalue weighted by molar-refractivity contribution is 0.410. The Morgan fingerprint density at radius 2 is 2.06 bits per heavy atom. The Morgan fingerprint density at radius 1 is 1.44 bits per heavy atom. The highest BCUT2D eigenvalue weighted by Crippen LogP contribution is 2.13. The molecule has 18 heavy (non-hydrogen) atoms. The Morgan fingerprint density at radius 3 is 2.56 bits per heavy atom. The zero-order valence-corrected chi connectivity index (χ0v) is 12.4. The first kappa shape index (κ1) is 15.1. The third-order valence-corrected chi connectivity index (χ3v) is 4.96. The molecule has 4 nitrogen and oxygen atoms in total. The van der Waals surface area contributed by atoms with E-state index in [4.69, 9.17) is 18.0 Å². The van der Waals surface area contributed by atoms with Gasteiger partial charge in [0.15, 0.2) is 0 Å². The van der Waals surface area contributed by atoms with Gasteiger partial charge in [-0.25, -0.2) is 12.7 Å². The van der Waals surface area contributed by atoms with E-state index in [2.05, 4.69) is 0 Å². The fraction of sp³-hybridized carbons (Fsp3) is 0.417. The number of benzene rings is 1. The van der Waals surface area contributed by atoms with E-state index in [1.165, 1.54) is 4.31 Å². The summed E-state index contributed by atoms with van der Waals surface area (Å²) in [5.74, 6) is -0.0435. The third kappa shape index (κ3) is 3.76. The molecule has 1 aromatic carbocycles. The number of sulfonamides is 1. The molecule has 1 aromatic rings. The fourth-order valence-corrected chi connectivity index (χ4v) is 3.02. The molecule has 6 heteroatoms. The van der Waals surface area contributed by atoms with Crippen LogP contribution in [0.3, 0.4) is 0 Å². The number of hydrogen-bond donors (Lipinski definition) is 1. The number of thiocarbonyl (C=S) groups is 1. The van der Waals surface area contributed by atoms with Gasteiger partial charge < -0.3 is 5.73 Å². The molecule has 0 saturated carbocycles. The van der Waals surface area contributed by atoms with Crippen LogP contribution in [-0.4, -0.2) is 30.8 Å². The van der Waals surface area contributed by atoms with E-state index in [-0.39, 0.29) is 16.8 Å². The molecule has 0 fully saturated rings. The molecule has 0 radical (unpaired) electrons. The van der Waals surface area contributed by atoms with Gasteiger partial charge in [0, 0.05) is 18.7 Å². The highest BCUT2D eigenvalue weighted by molar-refractivity contribution is 7.88. The summed E-state index contributed by atoms with van der Waals surface area (Å²) >= 11 is 4.87. The number of nitrogens with zero attached hydrogens (tertiary/aromatic N) is 1. The molecule has 0 unspecified atom stereocenters.